The molecule has 0 radical (unpaired) electrons. The van der Waals surface area contributed by atoms with Crippen LogP contribution < -0.4 is 10.6 Å². The molecule has 1 aromatic carbocycles. The van der Waals surface area contributed by atoms with Gasteiger partial charge in [-0.05, 0) is 31.9 Å². The predicted molar refractivity (Wildman–Crippen MR) is 126 cm³/mol. The molecule has 10 heteroatoms. The number of urea groups is 2. The van der Waals surface area contributed by atoms with Gasteiger partial charge >= 0.3 is 18.0 Å². The van der Waals surface area contributed by atoms with Crippen LogP contribution in [0.15, 0.2) is 35.5 Å². The zero-order chi connectivity index (χ0) is 24.0. The van der Waals surface area contributed by atoms with Crippen LogP contribution in [0.25, 0.3) is 0 Å². The highest BCUT2D eigenvalue weighted by atomic mass is 35.5. The quantitative estimate of drug-likeness (QED) is 0.614. The third kappa shape index (κ3) is 5.78. The van der Waals surface area contributed by atoms with Crippen LogP contribution in [0.5, 0.6) is 0 Å². The standard InChI is InChI=1S/C23H32ClN5O4/c1-4-25-22(31)29-12-8-11-28(13-14-29)15-18-19(21(30)33-5-2)20(26-23(32)27(18)3)16-9-6-7-10-17(16)24/h6-7,9-10,20H,4-5,8,11-15H2,1-3H3,(H,25,31)(H,26,32)/t20-/m1/s1. The van der Waals surface area contributed by atoms with Crippen molar-refractivity contribution in [2.24, 2.45) is 0 Å². The molecule has 4 amide bonds. The summed E-state index contributed by atoms with van der Waals surface area (Å²) < 4.78 is 5.38. The number of likely N-dealkylation sites (N-methyl/N-ethyl adjacent to an activating group) is 1. The van der Waals surface area contributed by atoms with Gasteiger partial charge in [0.2, 0.25) is 0 Å². The van der Waals surface area contributed by atoms with Gasteiger partial charge in [-0.2, -0.15) is 0 Å². The number of halogens is 1. The number of hydrogen-bond acceptors (Lipinski definition) is 5. The molecule has 3 rings (SSSR count). The third-order valence-electron chi connectivity index (χ3n) is 5.87. The summed E-state index contributed by atoms with van der Waals surface area (Å²) in [5.41, 5.74) is 1.59. The van der Waals surface area contributed by atoms with Crippen LogP contribution >= 0.6 is 11.6 Å². The predicted octanol–water partition coefficient (Wildman–Crippen LogP) is 2.59. The van der Waals surface area contributed by atoms with Gasteiger partial charge in [-0.15, -0.1) is 0 Å². The van der Waals surface area contributed by atoms with Crippen molar-refractivity contribution in [1.82, 2.24) is 25.3 Å². The fourth-order valence-corrected chi connectivity index (χ4v) is 4.39. The van der Waals surface area contributed by atoms with Crippen LogP contribution in [0.4, 0.5) is 9.59 Å². The highest BCUT2D eigenvalue weighted by molar-refractivity contribution is 6.31. The molecule has 2 aliphatic rings. The largest absolute Gasteiger partial charge is 0.463 e. The Morgan fingerprint density at radius 2 is 1.94 bits per heavy atom. The molecule has 0 bridgehead atoms. The number of carbonyl (C=O) groups excluding carboxylic acids is 3. The van der Waals surface area contributed by atoms with Gasteiger partial charge in [-0.3, -0.25) is 9.80 Å². The van der Waals surface area contributed by atoms with Gasteiger partial charge in [0.05, 0.1) is 18.2 Å². The van der Waals surface area contributed by atoms with E-state index in [1.807, 2.05) is 13.0 Å². The summed E-state index contributed by atoms with van der Waals surface area (Å²) in [5.74, 6) is -0.483. The smallest absolute Gasteiger partial charge is 0.338 e. The summed E-state index contributed by atoms with van der Waals surface area (Å²) in [4.78, 5) is 43.6. The van der Waals surface area contributed by atoms with E-state index in [4.69, 9.17) is 16.3 Å². The van der Waals surface area contributed by atoms with Crippen LogP contribution in [-0.2, 0) is 9.53 Å². The molecule has 180 valence electrons. The molecule has 0 aromatic heterocycles. The second-order valence-corrected chi connectivity index (χ2v) is 8.40. The molecule has 1 aromatic rings. The molecular formula is C23H32ClN5O4. The molecule has 1 atom stereocenters. The fourth-order valence-electron chi connectivity index (χ4n) is 4.15. The topological polar surface area (TPSA) is 94.2 Å². The molecule has 2 heterocycles. The molecule has 2 N–H and O–H groups in total. The number of esters is 1. The summed E-state index contributed by atoms with van der Waals surface area (Å²) in [6.45, 7) is 7.41. The van der Waals surface area contributed by atoms with Crippen molar-refractivity contribution >= 4 is 29.6 Å². The number of carbonyl (C=O) groups is 3. The highest BCUT2D eigenvalue weighted by Gasteiger charge is 2.38. The minimum absolute atomic E-state index is 0.0706. The lowest BCUT2D eigenvalue weighted by molar-refractivity contribution is -0.139. The average molecular weight is 478 g/mol. The Kier molecular flexibility index (Phi) is 8.57. The molecule has 0 aliphatic carbocycles. The van der Waals surface area contributed by atoms with E-state index in [9.17, 15) is 14.4 Å². The molecule has 33 heavy (non-hydrogen) atoms. The van der Waals surface area contributed by atoms with Crippen LogP contribution in [0.3, 0.4) is 0 Å². The fraction of sp³-hybridized carbons (Fsp3) is 0.522. The number of nitrogens with one attached hydrogen (secondary N) is 2. The summed E-state index contributed by atoms with van der Waals surface area (Å²) in [6.07, 6.45) is 0.795. The Balaban J connectivity index is 1.93. The SMILES string of the molecule is CCNC(=O)N1CCCN(CC2=C(C(=O)OCC)[C@@H](c3ccccc3Cl)NC(=O)N2C)CC1. The van der Waals surface area contributed by atoms with E-state index >= 15 is 0 Å². The van der Waals surface area contributed by atoms with E-state index in [1.165, 1.54) is 4.90 Å². The van der Waals surface area contributed by atoms with Gasteiger partial charge in [0, 0.05) is 57.0 Å². The number of rotatable bonds is 6. The molecule has 9 nitrogen and oxygen atoms in total. The first-order valence-electron chi connectivity index (χ1n) is 11.3. The number of hydrogen-bond donors (Lipinski definition) is 2. The third-order valence-corrected chi connectivity index (χ3v) is 6.21. The van der Waals surface area contributed by atoms with E-state index in [0.717, 1.165) is 13.0 Å². The van der Waals surface area contributed by atoms with E-state index in [0.29, 0.717) is 54.6 Å². The minimum Gasteiger partial charge on any atom is -0.463 e. The lowest BCUT2D eigenvalue weighted by Gasteiger charge is -2.36. The Morgan fingerprint density at radius 3 is 2.64 bits per heavy atom. The van der Waals surface area contributed by atoms with Crippen LogP contribution in [0.2, 0.25) is 5.02 Å². The van der Waals surface area contributed by atoms with Crippen molar-refractivity contribution in [3.63, 3.8) is 0 Å². The summed E-state index contributed by atoms with van der Waals surface area (Å²) in [7, 11) is 1.64. The van der Waals surface area contributed by atoms with E-state index in [-0.39, 0.29) is 18.7 Å². The number of amides is 4. The van der Waals surface area contributed by atoms with E-state index in [2.05, 4.69) is 15.5 Å². The first-order chi connectivity index (χ1) is 15.9. The van der Waals surface area contributed by atoms with Crippen molar-refractivity contribution in [3.8, 4) is 0 Å². The summed E-state index contributed by atoms with van der Waals surface area (Å²) in [5, 5.41) is 6.19. The Labute approximate surface area is 199 Å². The van der Waals surface area contributed by atoms with Crippen molar-refractivity contribution in [2.45, 2.75) is 26.3 Å². The molecular weight excluding hydrogens is 446 g/mol. The second kappa shape index (κ2) is 11.4. The van der Waals surface area contributed by atoms with Crippen molar-refractivity contribution in [1.29, 1.82) is 0 Å². The molecule has 0 saturated carbocycles. The Morgan fingerprint density at radius 1 is 1.18 bits per heavy atom. The lowest BCUT2D eigenvalue weighted by Crippen LogP contribution is -2.49. The van der Waals surface area contributed by atoms with Gasteiger partial charge in [0.1, 0.15) is 0 Å². The summed E-state index contributed by atoms with van der Waals surface area (Å²) in [6, 6.07) is 6.05. The number of nitrogens with zero attached hydrogens (tertiary/aromatic N) is 3. The first kappa shape index (κ1) is 24.9. The maximum atomic E-state index is 13.1. The molecule has 0 spiro atoms. The molecule has 2 aliphatic heterocycles. The normalized spacial score (nSPS) is 19.8. The van der Waals surface area contributed by atoms with Crippen molar-refractivity contribution in [3.05, 3.63) is 46.1 Å². The Hall–Kier alpha value is -2.78. The molecule has 1 saturated heterocycles. The van der Waals surface area contributed by atoms with Crippen molar-refractivity contribution < 1.29 is 19.1 Å². The van der Waals surface area contributed by atoms with Gasteiger partial charge in [-0.1, -0.05) is 29.8 Å². The van der Waals surface area contributed by atoms with Crippen molar-refractivity contribution in [2.75, 3.05) is 52.9 Å². The second-order valence-electron chi connectivity index (χ2n) is 8.00. The maximum Gasteiger partial charge on any atom is 0.338 e. The number of benzene rings is 1. The van der Waals surface area contributed by atoms with Gasteiger partial charge in [0.25, 0.3) is 0 Å². The zero-order valence-corrected chi connectivity index (χ0v) is 20.2. The average Bonchev–Trinajstić information content (AvgIpc) is 3.03. The van der Waals surface area contributed by atoms with Gasteiger partial charge in [0.15, 0.2) is 0 Å². The molecule has 0 unspecified atom stereocenters. The summed E-state index contributed by atoms with van der Waals surface area (Å²) >= 11 is 6.43. The van der Waals surface area contributed by atoms with E-state index in [1.54, 1.807) is 37.1 Å². The maximum absolute atomic E-state index is 13.1. The first-order valence-corrected chi connectivity index (χ1v) is 11.7. The van der Waals surface area contributed by atoms with Gasteiger partial charge < -0.3 is 20.3 Å². The number of ether oxygens (including phenoxy) is 1. The highest BCUT2D eigenvalue weighted by Crippen LogP contribution is 2.34. The van der Waals surface area contributed by atoms with E-state index < -0.39 is 12.0 Å². The minimum atomic E-state index is -0.713. The lowest BCUT2D eigenvalue weighted by atomic mass is 9.94. The van der Waals surface area contributed by atoms with Crippen LogP contribution in [0, 0.1) is 0 Å². The van der Waals surface area contributed by atoms with Gasteiger partial charge in [-0.25, -0.2) is 14.4 Å². The van der Waals surface area contributed by atoms with Crippen LogP contribution in [-0.4, -0.2) is 85.7 Å². The Bertz CT molecular complexity index is 922. The van der Waals surface area contributed by atoms with Crippen LogP contribution in [0.1, 0.15) is 31.9 Å². The monoisotopic (exact) mass is 477 g/mol. The zero-order valence-electron chi connectivity index (χ0n) is 19.4. The molecule has 1 fully saturated rings.